The van der Waals surface area contributed by atoms with Gasteiger partial charge in [-0.2, -0.15) is 0 Å². The third-order valence-electron chi connectivity index (χ3n) is 4.54. The maximum Gasteiger partial charge on any atom is 0.243 e. The summed E-state index contributed by atoms with van der Waals surface area (Å²) in [4.78, 5) is 28.9. The lowest BCUT2D eigenvalue weighted by Crippen LogP contribution is -2.42. The van der Waals surface area contributed by atoms with Crippen LogP contribution in [-0.4, -0.2) is 34.8 Å². The molecule has 2 heterocycles. The molecule has 1 aromatic carbocycles. The molecule has 0 bridgehead atoms. The van der Waals surface area contributed by atoms with Crippen molar-refractivity contribution < 1.29 is 14.0 Å². The largest absolute Gasteiger partial charge is 0.443 e. The fourth-order valence-corrected chi connectivity index (χ4v) is 3.11. The molecule has 3 rings (SSSR count). The number of carbonyl (C=O) groups excluding carboxylic acids is 2. The summed E-state index contributed by atoms with van der Waals surface area (Å²) in [5.74, 6) is 0.676. The first-order chi connectivity index (χ1) is 11.6. The van der Waals surface area contributed by atoms with Crippen LogP contribution in [-0.2, 0) is 16.1 Å². The van der Waals surface area contributed by atoms with Crippen LogP contribution in [0, 0.1) is 13.8 Å². The third kappa shape index (κ3) is 3.18. The Hall–Kier alpha value is -2.63. The van der Waals surface area contributed by atoms with Gasteiger partial charge in [0.2, 0.25) is 12.3 Å². The first-order valence-electron chi connectivity index (χ1n) is 8.09. The van der Waals surface area contributed by atoms with Gasteiger partial charge in [0.05, 0.1) is 5.69 Å². The van der Waals surface area contributed by atoms with Crippen molar-refractivity contribution in [1.29, 1.82) is 0 Å². The number of oxazole rings is 1. The van der Waals surface area contributed by atoms with Gasteiger partial charge in [-0.1, -0.05) is 12.1 Å². The van der Waals surface area contributed by atoms with Crippen LogP contribution in [0.4, 0.5) is 0 Å². The second-order valence-electron chi connectivity index (χ2n) is 6.13. The molecule has 0 radical (unpaired) electrons. The minimum atomic E-state index is -0.334. The Labute approximate surface area is 140 Å². The number of amides is 2. The van der Waals surface area contributed by atoms with Gasteiger partial charge in [0.25, 0.3) is 0 Å². The van der Waals surface area contributed by atoms with E-state index in [0.29, 0.717) is 13.1 Å². The Morgan fingerprint density at radius 3 is 2.96 bits per heavy atom. The van der Waals surface area contributed by atoms with E-state index in [1.54, 1.807) is 4.90 Å². The molecule has 2 aromatic rings. The number of aryl methyl sites for hydroxylation is 2. The van der Waals surface area contributed by atoms with Crippen LogP contribution >= 0.6 is 0 Å². The van der Waals surface area contributed by atoms with Crippen molar-refractivity contribution in [3.8, 4) is 11.3 Å². The highest BCUT2D eigenvalue weighted by Gasteiger charge is 2.29. The zero-order chi connectivity index (χ0) is 17.1. The molecule has 1 aromatic heterocycles. The fraction of sp³-hybridized carbons (Fsp3) is 0.389. The molecular formula is C18H21N3O3. The zero-order valence-corrected chi connectivity index (χ0v) is 13.9. The van der Waals surface area contributed by atoms with E-state index >= 15 is 0 Å². The fourth-order valence-electron chi connectivity index (χ4n) is 3.11. The molecule has 1 unspecified atom stereocenters. The minimum Gasteiger partial charge on any atom is -0.443 e. The van der Waals surface area contributed by atoms with Crippen molar-refractivity contribution in [2.45, 2.75) is 39.3 Å². The van der Waals surface area contributed by atoms with Crippen LogP contribution in [0.2, 0.25) is 0 Å². The van der Waals surface area contributed by atoms with Crippen molar-refractivity contribution in [1.82, 2.24) is 15.2 Å². The molecule has 1 saturated heterocycles. The van der Waals surface area contributed by atoms with E-state index in [0.717, 1.165) is 47.4 Å². The highest BCUT2D eigenvalue weighted by molar-refractivity contribution is 5.84. The van der Waals surface area contributed by atoms with E-state index in [1.165, 1.54) is 6.39 Å². The van der Waals surface area contributed by atoms with Crippen LogP contribution in [0.15, 0.2) is 29.0 Å². The predicted molar refractivity (Wildman–Crippen MR) is 89.1 cm³/mol. The molecular weight excluding hydrogens is 306 g/mol. The van der Waals surface area contributed by atoms with Crippen LogP contribution in [0.5, 0.6) is 0 Å². The van der Waals surface area contributed by atoms with Gasteiger partial charge >= 0.3 is 0 Å². The lowest BCUT2D eigenvalue weighted by Gasteiger charge is -2.19. The zero-order valence-electron chi connectivity index (χ0n) is 13.9. The summed E-state index contributed by atoms with van der Waals surface area (Å²) in [6.07, 6.45) is 3.81. The highest BCUT2D eigenvalue weighted by atomic mass is 16.3. The Balaban J connectivity index is 1.67. The number of rotatable bonds is 5. The summed E-state index contributed by atoms with van der Waals surface area (Å²) in [5, 5.41) is 2.94. The molecule has 1 N–H and O–H groups in total. The number of nitrogens with zero attached hydrogens (tertiary/aromatic N) is 2. The maximum absolute atomic E-state index is 12.3. The van der Waals surface area contributed by atoms with Gasteiger partial charge in [-0.25, -0.2) is 4.98 Å². The minimum absolute atomic E-state index is 0.0887. The Kier molecular flexibility index (Phi) is 4.64. The van der Waals surface area contributed by atoms with Gasteiger partial charge in [-0.15, -0.1) is 0 Å². The molecule has 126 valence electrons. The summed E-state index contributed by atoms with van der Waals surface area (Å²) in [6, 6.07) is 5.65. The van der Waals surface area contributed by atoms with Gasteiger partial charge in [-0.05, 0) is 43.9 Å². The van der Waals surface area contributed by atoms with E-state index in [-0.39, 0.29) is 11.9 Å². The van der Waals surface area contributed by atoms with E-state index in [4.69, 9.17) is 4.42 Å². The summed E-state index contributed by atoms with van der Waals surface area (Å²) in [5.41, 5.74) is 3.94. The number of carbonyl (C=O) groups is 2. The summed E-state index contributed by atoms with van der Waals surface area (Å²) < 4.78 is 5.42. The van der Waals surface area contributed by atoms with Gasteiger partial charge in [0.1, 0.15) is 6.04 Å². The number of hydrogen-bond donors (Lipinski definition) is 1. The van der Waals surface area contributed by atoms with E-state index in [1.807, 2.05) is 32.0 Å². The molecule has 0 aliphatic carbocycles. The van der Waals surface area contributed by atoms with Crippen LogP contribution in [0.3, 0.4) is 0 Å². The number of likely N-dealkylation sites (tertiary alicyclic amines) is 1. The second kappa shape index (κ2) is 6.86. The molecule has 1 atom stereocenters. The van der Waals surface area contributed by atoms with Crippen molar-refractivity contribution in [3.63, 3.8) is 0 Å². The molecule has 0 saturated carbocycles. The summed E-state index contributed by atoms with van der Waals surface area (Å²) in [6.45, 7) is 5.02. The normalized spacial score (nSPS) is 17.1. The van der Waals surface area contributed by atoms with E-state index < -0.39 is 0 Å². The standard InChI is InChI=1S/C18H21N3O3/c1-12-8-14(17-13(2)20-10-24-17)5-6-15(12)9-19-18(23)16-4-3-7-21(16)11-22/h5-6,8,10-11,16H,3-4,7,9H2,1-2H3,(H,19,23). The smallest absolute Gasteiger partial charge is 0.243 e. The second-order valence-corrected chi connectivity index (χ2v) is 6.13. The highest BCUT2D eigenvalue weighted by Crippen LogP contribution is 2.25. The number of aromatic nitrogens is 1. The van der Waals surface area contributed by atoms with E-state index in [9.17, 15) is 9.59 Å². The lowest BCUT2D eigenvalue weighted by molar-refractivity contribution is -0.131. The quantitative estimate of drug-likeness (QED) is 0.854. The van der Waals surface area contributed by atoms with Crippen molar-refractivity contribution in [2.75, 3.05) is 6.54 Å². The van der Waals surface area contributed by atoms with Crippen molar-refractivity contribution in [3.05, 3.63) is 41.4 Å². The first kappa shape index (κ1) is 16.2. The molecule has 6 heteroatoms. The molecule has 1 fully saturated rings. The molecule has 1 aliphatic rings. The summed E-state index contributed by atoms with van der Waals surface area (Å²) >= 11 is 0. The van der Waals surface area contributed by atoms with Gasteiger partial charge < -0.3 is 14.6 Å². The van der Waals surface area contributed by atoms with Crippen LogP contribution in [0.1, 0.15) is 29.7 Å². The van der Waals surface area contributed by atoms with Gasteiger partial charge in [0.15, 0.2) is 12.2 Å². The molecule has 0 spiro atoms. The van der Waals surface area contributed by atoms with Crippen molar-refractivity contribution >= 4 is 12.3 Å². The van der Waals surface area contributed by atoms with Crippen molar-refractivity contribution in [2.24, 2.45) is 0 Å². The SMILES string of the molecule is Cc1cc(-c2ocnc2C)ccc1CNC(=O)C1CCCN1C=O. The third-order valence-corrected chi connectivity index (χ3v) is 4.54. The predicted octanol–water partition coefficient (Wildman–Crippen LogP) is 2.20. The Bertz CT molecular complexity index is 754. The lowest BCUT2D eigenvalue weighted by atomic mass is 10.0. The molecule has 1 aliphatic heterocycles. The average Bonchev–Trinajstić information content (AvgIpc) is 3.21. The molecule has 6 nitrogen and oxygen atoms in total. The van der Waals surface area contributed by atoms with Crippen LogP contribution in [0.25, 0.3) is 11.3 Å². The Morgan fingerprint density at radius 2 is 2.29 bits per heavy atom. The monoisotopic (exact) mass is 327 g/mol. The number of nitrogens with one attached hydrogen (secondary N) is 1. The van der Waals surface area contributed by atoms with Crippen LogP contribution < -0.4 is 5.32 Å². The first-order valence-corrected chi connectivity index (χ1v) is 8.09. The summed E-state index contributed by atoms with van der Waals surface area (Å²) in [7, 11) is 0. The Morgan fingerprint density at radius 1 is 1.46 bits per heavy atom. The number of hydrogen-bond acceptors (Lipinski definition) is 4. The topological polar surface area (TPSA) is 75.4 Å². The number of benzene rings is 1. The molecule has 24 heavy (non-hydrogen) atoms. The van der Waals surface area contributed by atoms with Gasteiger partial charge in [0, 0.05) is 18.7 Å². The maximum atomic E-state index is 12.3. The molecule has 2 amide bonds. The average molecular weight is 327 g/mol. The van der Waals surface area contributed by atoms with E-state index in [2.05, 4.69) is 10.3 Å². The van der Waals surface area contributed by atoms with Gasteiger partial charge in [-0.3, -0.25) is 9.59 Å².